The summed E-state index contributed by atoms with van der Waals surface area (Å²) in [6.07, 6.45) is 1.85. The molecule has 3 aromatic rings. The van der Waals surface area contributed by atoms with Gasteiger partial charge in [0, 0.05) is 9.79 Å². The summed E-state index contributed by atoms with van der Waals surface area (Å²) in [5.74, 6) is -0.0298. The van der Waals surface area contributed by atoms with Crippen molar-refractivity contribution >= 4 is 34.8 Å². The molecule has 0 atom stereocenters. The van der Waals surface area contributed by atoms with Gasteiger partial charge in [-0.25, -0.2) is 0 Å². The zero-order chi connectivity index (χ0) is 20.1. The quantitative estimate of drug-likeness (QED) is 0.431. The summed E-state index contributed by atoms with van der Waals surface area (Å²) in [7, 11) is 0. The zero-order valence-corrected chi connectivity index (χ0v) is 17.2. The van der Waals surface area contributed by atoms with E-state index in [1.54, 1.807) is 16.7 Å². The lowest BCUT2D eigenvalue weighted by atomic mass is 10.1. The number of hydrazone groups is 1. The third-order valence-corrected chi connectivity index (χ3v) is 5.85. The normalized spacial score (nSPS) is 12.9. The fraction of sp³-hybridized carbons (Fsp3) is 0.167. The van der Waals surface area contributed by atoms with Gasteiger partial charge in [-0.15, -0.1) is 0 Å². The molecule has 29 heavy (non-hydrogen) atoms. The Morgan fingerprint density at radius 1 is 0.897 bits per heavy atom. The fourth-order valence-electron chi connectivity index (χ4n) is 3.39. The number of nitrogens with zero attached hydrogens (tertiary/aromatic N) is 2. The van der Waals surface area contributed by atoms with Gasteiger partial charge in [0.15, 0.2) is 0 Å². The lowest BCUT2D eigenvalue weighted by Gasteiger charge is -2.31. The van der Waals surface area contributed by atoms with Crippen LogP contribution in [0, 0.1) is 0 Å². The van der Waals surface area contributed by atoms with Crippen LogP contribution in [0.15, 0.2) is 93.8 Å². The van der Waals surface area contributed by atoms with E-state index in [1.807, 2.05) is 66.7 Å². The van der Waals surface area contributed by atoms with E-state index in [2.05, 4.69) is 29.6 Å². The summed E-state index contributed by atoms with van der Waals surface area (Å²) in [5, 5.41) is 4.54. The van der Waals surface area contributed by atoms with Crippen molar-refractivity contribution in [3.63, 3.8) is 0 Å². The molecular formula is C24H23N3OS. The van der Waals surface area contributed by atoms with E-state index in [1.165, 1.54) is 0 Å². The predicted molar refractivity (Wildman–Crippen MR) is 120 cm³/mol. The highest BCUT2D eigenvalue weighted by atomic mass is 32.2. The van der Waals surface area contributed by atoms with Crippen molar-refractivity contribution in [2.75, 3.05) is 11.4 Å². The Morgan fingerprint density at radius 3 is 2.10 bits per heavy atom. The van der Waals surface area contributed by atoms with Crippen LogP contribution >= 0.6 is 11.8 Å². The van der Waals surface area contributed by atoms with Gasteiger partial charge in [-0.05, 0) is 36.2 Å². The van der Waals surface area contributed by atoms with Crippen LogP contribution in [-0.4, -0.2) is 18.2 Å². The number of carbonyl (C=O) groups excluding carboxylic acids is 1. The van der Waals surface area contributed by atoms with Crippen LogP contribution in [0.1, 0.15) is 25.3 Å². The van der Waals surface area contributed by atoms with Crippen LogP contribution in [-0.2, 0) is 4.79 Å². The predicted octanol–water partition coefficient (Wildman–Crippen LogP) is 5.61. The standard InChI is InChI=1S/C24H23N3OS/c1-2-10-19(18-11-4-3-5-12-18)26-25-17-24(28)27-20-13-6-8-15-22(20)29-23-16-9-7-14-21(23)27/h3-9,11-16,25H,2,10,17H2,1H3/b26-19-. The molecule has 3 aromatic carbocycles. The molecule has 0 fully saturated rings. The number of nitrogens with one attached hydrogen (secondary N) is 1. The first kappa shape index (κ1) is 19.3. The number of fused-ring (bicyclic) bond motifs is 2. The second-order valence-electron chi connectivity index (χ2n) is 6.78. The zero-order valence-electron chi connectivity index (χ0n) is 16.3. The molecule has 4 nitrogen and oxygen atoms in total. The van der Waals surface area contributed by atoms with Crippen molar-refractivity contribution in [2.45, 2.75) is 29.6 Å². The van der Waals surface area contributed by atoms with Crippen LogP contribution in [0.5, 0.6) is 0 Å². The van der Waals surface area contributed by atoms with E-state index >= 15 is 0 Å². The Morgan fingerprint density at radius 2 is 1.48 bits per heavy atom. The largest absolute Gasteiger partial charge is 0.300 e. The highest BCUT2D eigenvalue weighted by molar-refractivity contribution is 7.99. The Balaban J connectivity index is 1.56. The van der Waals surface area contributed by atoms with Gasteiger partial charge in [0.1, 0.15) is 6.54 Å². The highest BCUT2D eigenvalue weighted by Crippen LogP contribution is 2.47. The number of carbonyl (C=O) groups is 1. The molecule has 0 aliphatic carbocycles. The van der Waals surface area contributed by atoms with E-state index in [0.717, 1.165) is 45.3 Å². The number of anilines is 2. The van der Waals surface area contributed by atoms with Gasteiger partial charge in [0.25, 0.3) is 5.91 Å². The van der Waals surface area contributed by atoms with Gasteiger partial charge < -0.3 is 5.43 Å². The average Bonchev–Trinajstić information content (AvgIpc) is 2.77. The highest BCUT2D eigenvalue weighted by Gasteiger charge is 2.27. The van der Waals surface area contributed by atoms with Crippen LogP contribution in [0.2, 0.25) is 0 Å². The summed E-state index contributed by atoms with van der Waals surface area (Å²) in [6.45, 7) is 2.26. The second kappa shape index (κ2) is 8.97. The number of hydrogen-bond donors (Lipinski definition) is 1. The summed E-state index contributed by atoms with van der Waals surface area (Å²) >= 11 is 1.69. The molecule has 1 amide bonds. The molecule has 1 aliphatic heterocycles. The van der Waals surface area contributed by atoms with Crippen molar-refractivity contribution in [3.05, 3.63) is 84.4 Å². The molecule has 0 unspecified atom stereocenters. The molecule has 5 heteroatoms. The van der Waals surface area contributed by atoms with Crippen LogP contribution in [0.4, 0.5) is 11.4 Å². The monoisotopic (exact) mass is 401 g/mol. The lowest BCUT2D eigenvalue weighted by molar-refractivity contribution is -0.117. The number of amides is 1. The molecule has 1 aliphatic rings. The van der Waals surface area contributed by atoms with E-state index in [4.69, 9.17) is 0 Å². The minimum absolute atomic E-state index is 0.0298. The first-order valence-electron chi connectivity index (χ1n) is 9.81. The van der Waals surface area contributed by atoms with E-state index < -0.39 is 0 Å². The van der Waals surface area contributed by atoms with Gasteiger partial charge in [0.05, 0.1) is 17.1 Å². The van der Waals surface area contributed by atoms with Crippen LogP contribution < -0.4 is 10.3 Å². The number of benzene rings is 3. The molecular weight excluding hydrogens is 378 g/mol. The maximum Gasteiger partial charge on any atom is 0.252 e. The summed E-state index contributed by atoms with van der Waals surface area (Å²) in [6, 6.07) is 26.1. The van der Waals surface area contributed by atoms with Gasteiger partial charge in [0.2, 0.25) is 0 Å². The molecule has 1 heterocycles. The van der Waals surface area contributed by atoms with Crippen LogP contribution in [0.25, 0.3) is 0 Å². The maximum absolute atomic E-state index is 13.2. The van der Waals surface area contributed by atoms with Crippen LogP contribution in [0.3, 0.4) is 0 Å². The van der Waals surface area contributed by atoms with Gasteiger partial charge >= 0.3 is 0 Å². The molecule has 0 aromatic heterocycles. The molecule has 0 bridgehead atoms. The summed E-state index contributed by atoms with van der Waals surface area (Å²) in [4.78, 5) is 17.1. The van der Waals surface area contributed by atoms with E-state index in [0.29, 0.717) is 0 Å². The van der Waals surface area contributed by atoms with Gasteiger partial charge in [-0.2, -0.15) is 5.10 Å². The minimum Gasteiger partial charge on any atom is -0.300 e. The number of para-hydroxylation sites is 2. The fourth-order valence-corrected chi connectivity index (χ4v) is 4.45. The van der Waals surface area contributed by atoms with E-state index in [9.17, 15) is 4.79 Å². The van der Waals surface area contributed by atoms with Crippen molar-refractivity contribution in [1.82, 2.24) is 5.43 Å². The smallest absolute Gasteiger partial charge is 0.252 e. The lowest BCUT2D eigenvalue weighted by Crippen LogP contribution is -2.35. The van der Waals surface area contributed by atoms with Crippen molar-refractivity contribution in [2.24, 2.45) is 5.10 Å². The molecule has 4 rings (SSSR count). The first-order valence-corrected chi connectivity index (χ1v) is 10.6. The minimum atomic E-state index is -0.0298. The summed E-state index contributed by atoms with van der Waals surface area (Å²) < 4.78 is 0. The second-order valence-corrected chi connectivity index (χ2v) is 7.86. The third-order valence-electron chi connectivity index (χ3n) is 4.72. The Labute approximate surface area is 175 Å². The van der Waals surface area contributed by atoms with Crippen molar-refractivity contribution < 1.29 is 4.79 Å². The number of hydrogen-bond acceptors (Lipinski definition) is 4. The maximum atomic E-state index is 13.2. The van der Waals surface area contributed by atoms with Crippen molar-refractivity contribution in [3.8, 4) is 0 Å². The molecule has 0 radical (unpaired) electrons. The molecule has 1 N–H and O–H groups in total. The Hall–Kier alpha value is -3.05. The molecule has 0 saturated heterocycles. The van der Waals surface area contributed by atoms with E-state index in [-0.39, 0.29) is 12.5 Å². The van der Waals surface area contributed by atoms with Gasteiger partial charge in [-0.3, -0.25) is 9.69 Å². The topological polar surface area (TPSA) is 44.7 Å². The SMILES string of the molecule is CCC/C(=N/NCC(=O)N1c2ccccc2Sc2ccccc21)c1ccccc1. The number of rotatable bonds is 6. The first-order chi connectivity index (χ1) is 14.3. The summed E-state index contributed by atoms with van der Waals surface area (Å²) in [5.41, 5.74) is 6.91. The molecule has 146 valence electrons. The molecule has 0 saturated carbocycles. The average molecular weight is 402 g/mol. The third kappa shape index (κ3) is 4.20. The molecule has 0 spiro atoms. The van der Waals surface area contributed by atoms with Gasteiger partial charge in [-0.1, -0.05) is 79.7 Å². The Bertz CT molecular complexity index is 988. The van der Waals surface area contributed by atoms with Crippen molar-refractivity contribution in [1.29, 1.82) is 0 Å². The Kier molecular flexibility index (Phi) is 5.96.